The number of hydrogen-bond donors (Lipinski definition) is 2. The Morgan fingerprint density at radius 3 is 1.35 bits per heavy atom. The van der Waals surface area contributed by atoms with Gasteiger partial charge in [-0.15, -0.1) is 0 Å². The Bertz CT molecular complexity index is 253. The summed E-state index contributed by atoms with van der Waals surface area (Å²) >= 11 is 0. The first kappa shape index (κ1) is 15.4. The van der Waals surface area contributed by atoms with E-state index in [4.69, 9.17) is 0 Å². The molecule has 0 aromatic rings. The molecule has 1 aliphatic heterocycles. The molecule has 0 amide bonds. The van der Waals surface area contributed by atoms with Crippen LogP contribution in [0.1, 0.15) is 62.3 Å². The number of nitrogens with one attached hydrogen (secondary N) is 2. The van der Waals surface area contributed by atoms with E-state index in [9.17, 15) is 0 Å². The van der Waals surface area contributed by atoms with Crippen LogP contribution in [0.4, 0.5) is 0 Å². The lowest BCUT2D eigenvalue weighted by atomic mass is 10.1. The van der Waals surface area contributed by atoms with Gasteiger partial charge in [0.2, 0.25) is 0 Å². The van der Waals surface area contributed by atoms with E-state index in [0.29, 0.717) is 10.1 Å². The van der Waals surface area contributed by atoms with Crippen LogP contribution in [0.25, 0.3) is 0 Å². The second-order valence-electron chi connectivity index (χ2n) is 8.47. The van der Waals surface area contributed by atoms with E-state index in [-0.39, 0.29) is 5.54 Å². The molecule has 0 radical (unpaired) electrons. The lowest BCUT2D eigenvalue weighted by Crippen LogP contribution is -2.85. The van der Waals surface area contributed by atoms with E-state index in [1.165, 1.54) is 0 Å². The van der Waals surface area contributed by atoms with Crippen molar-refractivity contribution in [2.75, 3.05) is 0 Å². The topological polar surface area (TPSA) is 27.3 Å². The highest BCUT2D eigenvalue weighted by Crippen LogP contribution is 2.39. The number of hydrazine groups is 1. The van der Waals surface area contributed by atoms with Crippen LogP contribution in [0.5, 0.6) is 0 Å². The summed E-state index contributed by atoms with van der Waals surface area (Å²) in [6.07, 6.45) is 0. The van der Waals surface area contributed by atoms with E-state index in [1.807, 2.05) is 0 Å². The fourth-order valence-corrected chi connectivity index (χ4v) is 14.6. The maximum atomic E-state index is 3.97. The molecule has 5 heteroatoms. The van der Waals surface area contributed by atoms with Crippen molar-refractivity contribution in [2.45, 2.75) is 77.9 Å². The van der Waals surface area contributed by atoms with E-state index < -0.39 is 18.2 Å². The zero-order chi connectivity index (χ0) is 13.6. The minimum absolute atomic E-state index is 0.176. The van der Waals surface area contributed by atoms with E-state index in [0.717, 1.165) is 0 Å². The summed E-state index contributed by atoms with van der Waals surface area (Å²) in [6.45, 7) is 20.9. The Morgan fingerprint density at radius 2 is 1.12 bits per heavy atom. The van der Waals surface area contributed by atoms with Gasteiger partial charge in [-0.2, -0.15) is 0 Å². The van der Waals surface area contributed by atoms with Crippen LogP contribution in [-0.4, -0.2) is 28.1 Å². The summed E-state index contributed by atoms with van der Waals surface area (Å²) in [5.41, 5.74) is 3.94. The van der Waals surface area contributed by atoms with Crippen LogP contribution in [0.15, 0.2) is 0 Å². The Labute approximate surface area is 111 Å². The fraction of sp³-hybridized carbons (Fsp3) is 1.00. The van der Waals surface area contributed by atoms with Crippen LogP contribution >= 0.6 is 0 Å². The third kappa shape index (κ3) is 3.89. The fourth-order valence-electron chi connectivity index (χ4n) is 2.23. The van der Waals surface area contributed by atoms with Crippen molar-refractivity contribution >= 4 is 18.2 Å². The Hall–Kier alpha value is 0.314. The Morgan fingerprint density at radius 1 is 0.765 bits per heavy atom. The van der Waals surface area contributed by atoms with E-state index in [2.05, 4.69) is 76.7 Å². The SMILES string of the molecule is CC(C)(C)NN1[SiH](C(C)(C)C)N[SiH]1C(C)(C)C. The van der Waals surface area contributed by atoms with E-state index >= 15 is 0 Å². The van der Waals surface area contributed by atoms with Gasteiger partial charge in [-0.25, -0.2) is 0 Å². The van der Waals surface area contributed by atoms with Crippen molar-refractivity contribution < 1.29 is 0 Å². The minimum Gasteiger partial charge on any atom is -0.338 e. The van der Waals surface area contributed by atoms with Gasteiger partial charge in [0.15, 0.2) is 18.2 Å². The summed E-state index contributed by atoms with van der Waals surface area (Å²) in [5, 5.41) is 0.819. The summed E-state index contributed by atoms with van der Waals surface area (Å²) in [4.78, 5) is 0. The highest BCUT2D eigenvalue weighted by atomic mass is 28.4. The van der Waals surface area contributed by atoms with Gasteiger partial charge in [-0.3, -0.25) is 9.77 Å². The molecule has 1 saturated heterocycles. The standard InChI is InChI=1S/C12H31N3Si2/c1-10(2,3)13-15-16(11(4,5)6)14-17(15)12(7,8)9/h13-14,16-17H,1-9H3. The van der Waals surface area contributed by atoms with Crippen molar-refractivity contribution in [3.05, 3.63) is 0 Å². The molecule has 102 valence electrons. The molecule has 2 atom stereocenters. The molecule has 1 heterocycles. The average Bonchev–Trinajstić information content (AvgIpc) is 1.90. The van der Waals surface area contributed by atoms with Gasteiger partial charge >= 0.3 is 0 Å². The highest BCUT2D eigenvalue weighted by Gasteiger charge is 2.52. The van der Waals surface area contributed by atoms with Crippen LogP contribution < -0.4 is 10.1 Å². The Balaban J connectivity index is 2.81. The molecular formula is C12H31N3Si2. The van der Waals surface area contributed by atoms with Crippen LogP contribution in [-0.2, 0) is 0 Å². The zero-order valence-electron chi connectivity index (χ0n) is 13.1. The van der Waals surface area contributed by atoms with Crippen molar-refractivity contribution in [3.8, 4) is 0 Å². The molecule has 1 rings (SSSR count). The van der Waals surface area contributed by atoms with Gasteiger partial charge < -0.3 is 4.65 Å². The van der Waals surface area contributed by atoms with Crippen molar-refractivity contribution in [1.29, 1.82) is 0 Å². The summed E-state index contributed by atoms with van der Waals surface area (Å²) in [7, 11) is -2.06. The van der Waals surface area contributed by atoms with Gasteiger partial charge in [0.25, 0.3) is 0 Å². The van der Waals surface area contributed by atoms with E-state index in [1.54, 1.807) is 0 Å². The van der Waals surface area contributed by atoms with Crippen molar-refractivity contribution in [3.63, 3.8) is 0 Å². The number of rotatable bonds is 1. The highest BCUT2D eigenvalue weighted by molar-refractivity contribution is 6.88. The van der Waals surface area contributed by atoms with Crippen LogP contribution in [0, 0.1) is 0 Å². The number of nitrogens with zero attached hydrogens (tertiary/aromatic N) is 1. The summed E-state index contributed by atoms with van der Waals surface area (Å²) < 4.78 is 6.65. The molecule has 1 fully saturated rings. The molecule has 2 unspecified atom stereocenters. The van der Waals surface area contributed by atoms with Crippen LogP contribution in [0.2, 0.25) is 10.1 Å². The molecule has 2 N–H and O–H groups in total. The van der Waals surface area contributed by atoms with Crippen molar-refractivity contribution in [2.24, 2.45) is 0 Å². The first-order valence-electron chi connectivity index (χ1n) is 6.64. The van der Waals surface area contributed by atoms with Gasteiger partial charge in [-0.05, 0) is 30.8 Å². The molecule has 0 aliphatic carbocycles. The lowest BCUT2D eigenvalue weighted by molar-refractivity contribution is 0.273. The maximum Gasteiger partial charge on any atom is 0.195 e. The molecular weight excluding hydrogens is 242 g/mol. The molecule has 3 nitrogen and oxygen atoms in total. The van der Waals surface area contributed by atoms with Crippen LogP contribution in [0.3, 0.4) is 0 Å². The molecule has 1 aliphatic rings. The molecule has 0 spiro atoms. The largest absolute Gasteiger partial charge is 0.338 e. The monoisotopic (exact) mass is 273 g/mol. The third-order valence-electron chi connectivity index (χ3n) is 2.98. The first-order chi connectivity index (χ1) is 7.32. The van der Waals surface area contributed by atoms with Gasteiger partial charge in [0, 0.05) is 5.54 Å². The summed E-state index contributed by atoms with van der Waals surface area (Å²) in [5.74, 6) is 0. The molecule has 17 heavy (non-hydrogen) atoms. The molecule has 0 bridgehead atoms. The average molecular weight is 274 g/mol. The Kier molecular flexibility index (Phi) is 4.03. The lowest BCUT2D eigenvalue weighted by Gasteiger charge is -2.59. The van der Waals surface area contributed by atoms with Gasteiger partial charge in [0.05, 0.1) is 0 Å². The number of hydrogen-bond acceptors (Lipinski definition) is 3. The van der Waals surface area contributed by atoms with Gasteiger partial charge in [0.1, 0.15) is 0 Å². The smallest absolute Gasteiger partial charge is 0.195 e. The van der Waals surface area contributed by atoms with Gasteiger partial charge in [-0.1, -0.05) is 41.5 Å². The third-order valence-corrected chi connectivity index (χ3v) is 11.9. The van der Waals surface area contributed by atoms with Crippen molar-refractivity contribution in [1.82, 2.24) is 14.4 Å². The normalized spacial score (nSPS) is 28.1. The molecule has 0 aromatic carbocycles. The second kappa shape index (κ2) is 4.45. The molecule has 0 saturated carbocycles. The minimum atomic E-state index is -1.03. The predicted molar refractivity (Wildman–Crippen MR) is 81.6 cm³/mol. The summed E-state index contributed by atoms with van der Waals surface area (Å²) in [6, 6.07) is 0. The predicted octanol–water partition coefficient (Wildman–Crippen LogP) is 2.24. The second-order valence-corrected chi connectivity index (χ2v) is 16.6. The first-order valence-corrected chi connectivity index (χ1v) is 9.99. The molecule has 0 aromatic heterocycles. The quantitative estimate of drug-likeness (QED) is 0.718. The maximum absolute atomic E-state index is 3.97. The zero-order valence-corrected chi connectivity index (χ0v) is 15.4.